The molecule has 3 aromatic rings. The molecule has 1 saturated heterocycles. The summed E-state index contributed by atoms with van der Waals surface area (Å²) in [5, 5.41) is 6.30. The van der Waals surface area contributed by atoms with E-state index >= 15 is 0 Å². The van der Waals surface area contributed by atoms with Gasteiger partial charge in [0.1, 0.15) is 5.82 Å². The molecule has 0 N–H and O–H groups in total. The van der Waals surface area contributed by atoms with E-state index in [1.807, 2.05) is 17.5 Å². The van der Waals surface area contributed by atoms with Crippen LogP contribution in [0.5, 0.6) is 0 Å². The van der Waals surface area contributed by atoms with Gasteiger partial charge in [0.25, 0.3) is 5.91 Å². The SMILES string of the molecule is CCOC(=O)C1CCN(C(=O)c2nc(-c3cccs3)n(-c3cccc(F)c3)n2)CC1. The van der Waals surface area contributed by atoms with E-state index in [0.29, 0.717) is 44.0 Å². The van der Waals surface area contributed by atoms with Gasteiger partial charge in [-0.05, 0) is 49.4 Å². The van der Waals surface area contributed by atoms with Crippen LogP contribution in [0.4, 0.5) is 4.39 Å². The number of nitrogens with zero attached hydrogens (tertiary/aromatic N) is 4. The fraction of sp³-hybridized carbons (Fsp3) is 0.333. The highest BCUT2D eigenvalue weighted by Crippen LogP contribution is 2.27. The third-order valence-corrected chi connectivity index (χ3v) is 5.86. The molecule has 1 amide bonds. The number of aromatic nitrogens is 3. The fourth-order valence-electron chi connectivity index (χ4n) is 3.48. The van der Waals surface area contributed by atoms with Crippen molar-refractivity contribution in [3.63, 3.8) is 0 Å². The third kappa shape index (κ3) is 4.11. The van der Waals surface area contributed by atoms with Gasteiger partial charge >= 0.3 is 5.97 Å². The molecular formula is C21H21FN4O3S. The van der Waals surface area contributed by atoms with E-state index in [1.54, 1.807) is 24.0 Å². The molecule has 156 valence electrons. The van der Waals surface area contributed by atoms with E-state index in [4.69, 9.17) is 4.74 Å². The van der Waals surface area contributed by atoms with Crippen molar-refractivity contribution in [2.75, 3.05) is 19.7 Å². The van der Waals surface area contributed by atoms with Gasteiger partial charge in [-0.2, -0.15) is 0 Å². The summed E-state index contributed by atoms with van der Waals surface area (Å²) in [4.78, 5) is 31.9. The number of amides is 1. The normalized spacial score (nSPS) is 14.7. The van der Waals surface area contributed by atoms with Gasteiger partial charge in [0, 0.05) is 13.1 Å². The summed E-state index contributed by atoms with van der Waals surface area (Å²) in [5.74, 6) is -0.552. The second-order valence-electron chi connectivity index (χ2n) is 6.95. The third-order valence-electron chi connectivity index (χ3n) is 4.99. The van der Waals surface area contributed by atoms with Crippen LogP contribution in [0.25, 0.3) is 16.4 Å². The van der Waals surface area contributed by atoms with Crippen LogP contribution in [0.15, 0.2) is 41.8 Å². The molecule has 30 heavy (non-hydrogen) atoms. The second kappa shape index (κ2) is 8.74. The lowest BCUT2D eigenvalue weighted by atomic mass is 9.97. The minimum atomic E-state index is -0.394. The second-order valence-corrected chi connectivity index (χ2v) is 7.89. The molecule has 9 heteroatoms. The predicted molar refractivity (Wildman–Crippen MR) is 110 cm³/mol. The van der Waals surface area contributed by atoms with E-state index in [9.17, 15) is 14.0 Å². The highest BCUT2D eigenvalue weighted by molar-refractivity contribution is 7.13. The van der Waals surface area contributed by atoms with Crippen molar-refractivity contribution in [1.82, 2.24) is 19.7 Å². The highest BCUT2D eigenvalue weighted by Gasteiger charge is 2.31. The first-order chi connectivity index (χ1) is 14.6. The summed E-state index contributed by atoms with van der Waals surface area (Å²) < 4.78 is 20.3. The molecule has 1 aliphatic heterocycles. The molecule has 0 unspecified atom stereocenters. The van der Waals surface area contributed by atoms with Gasteiger partial charge in [-0.25, -0.2) is 14.1 Å². The van der Waals surface area contributed by atoms with Crippen molar-refractivity contribution in [2.24, 2.45) is 5.92 Å². The standard InChI is InChI=1S/C21H21FN4O3S/c1-2-29-21(28)14-8-10-25(11-9-14)20(27)18-23-19(17-7-4-12-30-17)26(24-18)16-6-3-5-15(22)13-16/h3-7,12-14H,2,8-11H2,1H3. The van der Waals surface area contributed by atoms with Crippen LogP contribution in [0.3, 0.4) is 0 Å². The number of benzene rings is 1. The minimum Gasteiger partial charge on any atom is -0.466 e. The van der Waals surface area contributed by atoms with Gasteiger partial charge in [-0.1, -0.05) is 12.1 Å². The van der Waals surface area contributed by atoms with Gasteiger partial charge in [-0.15, -0.1) is 16.4 Å². The lowest BCUT2D eigenvalue weighted by Crippen LogP contribution is -2.41. The molecule has 0 radical (unpaired) electrons. The van der Waals surface area contributed by atoms with Crippen molar-refractivity contribution >= 4 is 23.2 Å². The van der Waals surface area contributed by atoms with Crippen LogP contribution >= 0.6 is 11.3 Å². The molecule has 3 heterocycles. The first-order valence-electron chi connectivity index (χ1n) is 9.79. The van der Waals surface area contributed by atoms with E-state index in [0.717, 1.165) is 4.88 Å². The smallest absolute Gasteiger partial charge is 0.309 e. The van der Waals surface area contributed by atoms with Crippen LogP contribution in [0.2, 0.25) is 0 Å². The number of rotatable bonds is 5. The van der Waals surface area contributed by atoms with E-state index in [1.165, 1.54) is 28.2 Å². The zero-order valence-electron chi connectivity index (χ0n) is 16.5. The number of halogens is 1. The van der Waals surface area contributed by atoms with Crippen LogP contribution in [-0.4, -0.2) is 51.2 Å². The van der Waals surface area contributed by atoms with Gasteiger partial charge in [0.15, 0.2) is 5.82 Å². The van der Waals surface area contributed by atoms with Crippen LogP contribution in [0.1, 0.15) is 30.4 Å². The monoisotopic (exact) mass is 428 g/mol. The number of piperidine rings is 1. The molecule has 0 saturated carbocycles. The number of hydrogen-bond acceptors (Lipinski definition) is 6. The molecule has 7 nitrogen and oxygen atoms in total. The summed E-state index contributed by atoms with van der Waals surface area (Å²) in [6, 6.07) is 9.77. The summed E-state index contributed by atoms with van der Waals surface area (Å²) in [6.45, 7) is 3.00. The Bertz CT molecular complexity index is 1040. The number of thiophene rings is 1. The fourth-order valence-corrected chi connectivity index (χ4v) is 4.17. The number of carbonyl (C=O) groups excluding carboxylic acids is 2. The Labute approximate surface area is 177 Å². The minimum absolute atomic E-state index is 0.0530. The molecule has 1 aromatic carbocycles. The number of esters is 1. The number of carbonyl (C=O) groups is 2. The van der Waals surface area contributed by atoms with Crippen molar-refractivity contribution in [3.05, 3.63) is 53.4 Å². The van der Waals surface area contributed by atoms with Crippen LogP contribution < -0.4 is 0 Å². The first-order valence-corrected chi connectivity index (χ1v) is 10.7. The molecule has 1 fully saturated rings. The van der Waals surface area contributed by atoms with Gasteiger partial charge < -0.3 is 9.64 Å². The van der Waals surface area contributed by atoms with Gasteiger partial charge in [0.2, 0.25) is 5.82 Å². The Balaban J connectivity index is 1.58. The molecular weight excluding hydrogens is 407 g/mol. The van der Waals surface area contributed by atoms with Gasteiger partial charge in [-0.3, -0.25) is 9.59 Å². The van der Waals surface area contributed by atoms with E-state index < -0.39 is 5.82 Å². The van der Waals surface area contributed by atoms with Crippen molar-refractivity contribution in [2.45, 2.75) is 19.8 Å². The van der Waals surface area contributed by atoms with E-state index in [-0.39, 0.29) is 23.6 Å². The Morgan fingerprint density at radius 2 is 2.03 bits per heavy atom. The number of likely N-dealkylation sites (tertiary alicyclic amines) is 1. The maximum absolute atomic E-state index is 13.8. The summed E-state index contributed by atoms with van der Waals surface area (Å²) >= 11 is 1.46. The average Bonchev–Trinajstić information content (AvgIpc) is 3.43. The maximum Gasteiger partial charge on any atom is 0.309 e. The topological polar surface area (TPSA) is 77.3 Å². The van der Waals surface area contributed by atoms with Crippen LogP contribution in [-0.2, 0) is 9.53 Å². The van der Waals surface area contributed by atoms with E-state index in [2.05, 4.69) is 10.1 Å². The maximum atomic E-state index is 13.8. The summed E-state index contributed by atoms with van der Waals surface area (Å²) in [6.07, 6.45) is 1.10. The molecule has 0 aliphatic carbocycles. The number of ether oxygens (including phenoxy) is 1. The summed E-state index contributed by atoms with van der Waals surface area (Å²) in [5.41, 5.74) is 0.492. The first kappa shape index (κ1) is 20.2. The van der Waals surface area contributed by atoms with Crippen molar-refractivity contribution < 1.29 is 18.7 Å². The zero-order chi connectivity index (χ0) is 21.1. The molecule has 2 aromatic heterocycles. The average molecular weight is 428 g/mol. The Hall–Kier alpha value is -3.07. The van der Waals surface area contributed by atoms with Crippen molar-refractivity contribution in [1.29, 1.82) is 0 Å². The Morgan fingerprint density at radius 3 is 2.70 bits per heavy atom. The molecule has 0 bridgehead atoms. The molecule has 0 spiro atoms. The summed E-state index contributed by atoms with van der Waals surface area (Å²) in [7, 11) is 0. The van der Waals surface area contributed by atoms with Crippen LogP contribution in [0, 0.1) is 11.7 Å². The quantitative estimate of drug-likeness (QED) is 0.581. The Kier molecular flexibility index (Phi) is 5.89. The highest BCUT2D eigenvalue weighted by atomic mass is 32.1. The number of hydrogen-bond donors (Lipinski definition) is 0. The largest absolute Gasteiger partial charge is 0.466 e. The Morgan fingerprint density at radius 1 is 1.23 bits per heavy atom. The zero-order valence-corrected chi connectivity index (χ0v) is 17.3. The molecule has 1 aliphatic rings. The molecule has 4 rings (SSSR count). The predicted octanol–water partition coefficient (Wildman–Crippen LogP) is 3.55. The van der Waals surface area contributed by atoms with Crippen molar-refractivity contribution in [3.8, 4) is 16.4 Å². The van der Waals surface area contributed by atoms with Gasteiger partial charge in [0.05, 0.1) is 23.1 Å². The molecule has 0 atom stereocenters. The lowest BCUT2D eigenvalue weighted by molar-refractivity contribution is -0.149. The lowest BCUT2D eigenvalue weighted by Gasteiger charge is -2.30.